The summed E-state index contributed by atoms with van der Waals surface area (Å²) in [5.74, 6) is 0.994. The molecule has 6 aromatic rings. The number of likely N-dealkylation sites (tertiary alicyclic amines) is 2. The van der Waals surface area contributed by atoms with E-state index in [0.29, 0.717) is 65.3 Å². The lowest BCUT2D eigenvalue weighted by atomic mass is 10.0. The predicted molar refractivity (Wildman–Crippen MR) is 237 cm³/mol. The van der Waals surface area contributed by atoms with Gasteiger partial charge in [0.25, 0.3) is 0 Å². The van der Waals surface area contributed by atoms with Crippen LogP contribution < -0.4 is 15.4 Å². The third kappa shape index (κ3) is 7.84. The number of ether oxygens (including phenoxy) is 3. The van der Waals surface area contributed by atoms with Crippen molar-refractivity contribution in [3.8, 4) is 39.5 Å². The Balaban J connectivity index is 0.963. The van der Waals surface area contributed by atoms with Crippen LogP contribution in [0.1, 0.15) is 98.1 Å². The van der Waals surface area contributed by atoms with Crippen LogP contribution in [0, 0.1) is 11.7 Å². The van der Waals surface area contributed by atoms with E-state index in [1.165, 1.54) is 20.3 Å². The van der Waals surface area contributed by atoms with Crippen LogP contribution in [-0.4, -0.2) is 103 Å². The van der Waals surface area contributed by atoms with Gasteiger partial charge in [0, 0.05) is 41.7 Å². The summed E-state index contributed by atoms with van der Waals surface area (Å²) in [6.45, 7) is 4.63. The van der Waals surface area contributed by atoms with Crippen LogP contribution >= 0.6 is 11.3 Å². The monoisotopic (exact) mass is 904 g/mol. The Kier molecular flexibility index (Phi) is 11.0. The van der Waals surface area contributed by atoms with Gasteiger partial charge in [-0.1, -0.05) is 19.9 Å². The van der Waals surface area contributed by atoms with Crippen LogP contribution in [-0.2, 0) is 19.1 Å². The van der Waals surface area contributed by atoms with Crippen LogP contribution in [0.5, 0.6) is 5.75 Å². The van der Waals surface area contributed by atoms with Crippen LogP contribution in [0.15, 0.2) is 55.0 Å². The third-order valence-corrected chi connectivity index (χ3v) is 14.0. The van der Waals surface area contributed by atoms with E-state index in [9.17, 15) is 19.2 Å². The van der Waals surface area contributed by atoms with Crippen molar-refractivity contribution in [3.05, 3.63) is 82.3 Å². The van der Waals surface area contributed by atoms with Gasteiger partial charge in [0.1, 0.15) is 35.8 Å². The van der Waals surface area contributed by atoms with Gasteiger partial charge in [-0.3, -0.25) is 14.2 Å². The fraction of sp³-hybridized carbons (Fsp3) is 0.413. The van der Waals surface area contributed by atoms with Crippen LogP contribution in [0.25, 0.3) is 44.7 Å². The van der Waals surface area contributed by atoms with Crippen molar-refractivity contribution in [3.63, 3.8) is 0 Å². The van der Waals surface area contributed by atoms with E-state index < -0.39 is 30.3 Å². The molecular formula is C46H49FN10O7S. The Morgan fingerprint density at radius 3 is 2.25 bits per heavy atom. The number of methoxy groups -OCH3 is 2. The molecule has 1 aliphatic carbocycles. The highest BCUT2D eigenvalue weighted by molar-refractivity contribution is 7.11. The van der Waals surface area contributed by atoms with Gasteiger partial charge >= 0.3 is 12.2 Å². The molecule has 4 aromatic heterocycles. The van der Waals surface area contributed by atoms with Crippen LogP contribution in [0.3, 0.4) is 0 Å². The molecule has 0 bridgehead atoms. The van der Waals surface area contributed by atoms with Crippen molar-refractivity contribution in [1.82, 2.24) is 49.9 Å². The molecule has 1 unspecified atom stereocenters. The standard InChI is InChI=1S/C46H49FN10O7S/c1-23(2)39(54-46(61)63-4)43(59)56-14-6-8-33(56)41-48-19-29(52-41)25-11-12-31-27(15-25)17-34-38-28(47)16-26(18-35(38)64-44(57(31)34)36-21-50-42(65-36)24-9-10-24)30-20-49-40(53-30)32-7-5-13-55(32)37(58)22-51-45(60)62-3/h11-12,15-21,23-24,32-33,39,44H,5-10,13-14,22H2,1-4H3,(H,48,52)(H,49,53)(H,51,60)(H,54,61)/t32?,33-,39-,44-/m0/s1. The molecular weight excluding hydrogens is 856 g/mol. The van der Waals surface area contributed by atoms with Crippen molar-refractivity contribution < 1.29 is 37.8 Å². The normalized spacial score (nSPS) is 19.5. The van der Waals surface area contributed by atoms with Gasteiger partial charge in [0.2, 0.25) is 18.0 Å². The number of imidazole rings is 2. The number of alkyl carbamates (subject to hydrolysis) is 2. The van der Waals surface area contributed by atoms with E-state index in [-0.39, 0.29) is 36.4 Å². The minimum Gasteiger partial charge on any atom is -0.464 e. The minimum absolute atomic E-state index is 0.151. The highest BCUT2D eigenvalue weighted by atomic mass is 32.1. The second-order valence-corrected chi connectivity index (χ2v) is 18.4. The minimum atomic E-state index is -0.741. The first-order chi connectivity index (χ1) is 31.5. The number of carbonyl (C=O) groups is 4. The molecule has 19 heteroatoms. The van der Waals surface area contributed by atoms with Crippen molar-refractivity contribution >= 4 is 46.2 Å². The average Bonchev–Trinajstić information content (AvgIpc) is 4.03. The SMILES string of the molecule is COC(=O)NCC(=O)N1CCCC1c1ncc(-c2cc(F)c3c(c2)O[C@@H](c2cnc(C4CC4)s2)n2c-3cc3cc(-c4cnc([C@@H]5CCCN5C(=O)[C@@H](NC(=O)OC)C(C)C)[nH]4)ccc32)[nH]1. The molecule has 4 amide bonds. The second kappa shape index (κ2) is 17.0. The summed E-state index contributed by atoms with van der Waals surface area (Å²) < 4.78 is 35.1. The molecule has 4 aliphatic rings. The Bertz CT molecular complexity index is 2830. The fourth-order valence-corrected chi connectivity index (χ4v) is 10.5. The molecule has 4 N–H and O–H groups in total. The topological polar surface area (TPSA) is 202 Å². The molecule has 0 radical (unpaired) electrons. The summed E-state index contributed by atoms with van der Waals surface area (Å²) in [6, 6.07) is 9.98. The summed E-state index contributed by atoms with van der Waals surface area (Å²) in [4.78, 5) is 75.9. The maximum absolute atomic E-state index is 16.8. The van der Waals surface area contributed by atoms with Gasteiger partial charge in [0.15, 0.2) is 0 Å². The maximum atomic E-state index is 16.8. The molecule has 3 fully saturated rings. The number of carbonyl (C=O) groups excluding carboxylic acids is 4. The number of hydrogen-bond donors (Lipinski definition) is 4. The number of halogens is 1. The van der Waals surface area contributed by atoms with Gasteiger partial charge in [0.05, 0.1) is 76.7 Å². The van der Waals surface area contributed by atoms with E-state index >= 15 is 4.39 Å². The third-order valence-electron chi connectivity index (χ3n) is 12.8. The zero-order chi connectivity index (χ0) is 45.1. The molecule has 2 aromatic carbocycles. The zero-order valence-electron chi connectivity index (χ0n) is 36.4. The molecule has 2 saturated heterocycles. The number of aromatic amines is 2. The molecule has 0 spiro atoms. The molecule has 338 valence electrons. The van der Waals surface area contributed by atoms with Crippen molar-refractivity contribution in [2.75, 3.05) is 33.9 Å². The molecule has 17 nitrogen and oxygen atoms in total. The van der Waals surface area contributed by atoms with Crippen molar-refractivity contribution in [2.24, 2.45) is 5.92 Å². The first-order valence-electron chi connectivity index (χ1n) is 22.0. The molecule has 3 aliphatic heterocycles. The number of thiazole rings is 1. The lowest BCUT2D eigenvalue weighted by molar-refractivity contribution is -0.135. The van der Waals surface area contributed by atoms with E-state index in [2.05, 4.69) is 30.3 Å². The van der Waals surface area contributed by atoms with Gasteiger partial charge in [-0.15, -0.1) is 11.3 Å². The molecule has 65 heavy (non-hydrogen) atoms. The molecule has 10 rings (SSSR count). The van der Waals surface area contributed by atoms with Crippen LogP contribution in [0.2, 0.25) is 0 Å². The van der Waals surface area contributed by atoms with E-state index in [1.54, 1.807) is 33.5 Å². The Hall–Kier alpha value is -6.76. The summed E-state index contributed by atoms with van der Waals surface area (Å²) in [5, 5.41) is 7.09. The lowest BCUT2D eigenvalue weighted by Gasteiger charge is -2.30. The van der Waals surface area contributed by atoms with Crippen LogP contribution in [0.4, 0.5) is 14.0 Å². The van der Waals surface area contributed by atoms with E-state index in [1.807, 2.05) is 54.9 Å². The largest absolute Gasteiger partial charge is 0.464 e. The maximum Gasteiger partial charge on any atom is 0.407 e. The second-order valence-electron chi connectivity index (χ2n) is 17.4. The predicted octanol–water partition coefficient (Wildman–Crippen LogP) is 7.56. The van der Waals surface area contributed by atoms with Crippen molar-refractivity contribution in [2.45, 2.75) is 82.6 Å². The number of aromatic nitrogens is 6. The molecule has 7 heterocycles. The highest BCUT2D eigenvalue weighted by Gasteiger charge is 2.39. The fourth-order valence-electron chi connectivity index (χ4n) is 9.39. The summed E-state index contributed by atoms with van der Waals surface area (Å²) in [7, 11) is 2.52. The van der Waals surface area contributed by atoms with Gasteiger partial charge in [-0.05, 0) is 74.8 Å². The Labute approximate surface area is 377 Å². The molecule has 4 atom stereocenters. The van der Waals surface area contributed by atoms with Crippen molar-refractivity contribution in [1.29, 1.82) is 0 Å². The Morgan fingerprint density at radius 2 is 1.55 bits per heavy atom. The summed E-state index contributed by atoms with van der Waals surface area (Å²) in [6.07, 6.45) is 8.50. The van der Waals surface area contributed by atoms with Gasteiger partial charge in [-0.25, -0.2) is 28.9 Å². The van der Waals surface area contributed by atoms with Gasteiger partial charge < -0.3 is 44.6 Å². The van der Waals surface area contributed by atoms with E-state index in [4.69, 9.17) is 19.4 Å². The first-order valence-corrected chi connectivity index (χ1v) is 22.8. The van der Waals surface area contributed by atoms with Gasteiger partial charge in [-0.2, -0.15) is 0 Å². The first kappa shape index (κ1) is 42.2. The highest BCUT2D eigenvalue weighted by Crippen LogP contribution is 2.50. The number of nitrogens with zero attached hydrogens (tertiary/aromatic N) is 6. The number of hydrogen-bond acceptors (Lipinski definition) is 11. The number of benzene rings is 2. The number of rotatable bonds is 11. The summed E-state index contributed by atoms with van der Waals surface area (Å²) >= 11 is 1.62. The zero-order valence-corrected chi connectivity index (χ0v) is 37.2. The number of nitrogens with one attached hydrogen (secondary N) is 4. The number of amides is 4. The quantitative estimate of drug-likeness (QED) is 0.101. The Morgan fingerprint density at radius 1 is 0.862 bits per heavy atom. The lowest BCUT2D eigenvalue weighted by Crippen LogP contribution is -2.51. The molecule has 1 saturated carbocycles. The van der Waals surface area contributed by atoms with E-state index in [0.717, 1.165) is 64.1 Å². The average molecular weight is 905 g/mol. The smallest absolute Gasteiger partial charge is 0.407 e. The number of fused-ring (bicyclic) bond motifs is 5. The number of H-pyrrole nitrogens is 2. The summed E-state index contributed by atoms with van der Waals surface area (Å²) in [5.41, 5.74) is 4.57.